The van der Waals surface area contributed by atoms with Gasteiger partial charge in [0.25, 0.3) is 0 Å². The van der Waals surface area contributed by atoms with E-state index in [2.05, 4.69) is 5.32 Å². The van der Waals surface area contributed by atoms with Gasteiger partial charge in [-0.1, -0.05) is 67.6 Å². The fourth-order valence-corrected chi connectivity index (χ4v) is 2.32. The van der Waals surface area contributed by atoms with Crippen molar-refractivity contribution < 1.29 is 14.7 Å². The first-order chi connectivity index (χ1) is 10.6. The van der Waals surface area contributed by atoms with Gasteiger partial charge in [0.2, 0.25) is 0 Å². The lowest BCUT2D eigenvalue weighted by Gasteiger charge is -2.20. The molecule has 0 aliphatic heterocycles. The summed E-state index contributed by atoms with van der Waals surface area (Å²) >= 11 is 0. The Morgan fingerprint density at radius 2 is 1.55 bits per heavy atom. The molecule has 0 bridgehead atoms. The number of hydrogen-bond donors (Lipinski definition) is 2. The standard InChI is InChI=1S/C18H19NO3/c1-13(17(20)15-10-6-3-7-11-15)16(18(21)22)19-12-14-8-4-2-5-9-14/h2-11,13,16,19H,12H2,1H3,(H,21,22)/t13-,16+/m1/s1. The minimum Gasteiger partial charge on any atom is -0.480 e. The largest absolute Gasteiger partial charge is 0.480 e. The molecule has 0 spiro atoms. The lowest BCUT2D eigenvalue weighted by Crippen LogP contribution is -2.44. The van der Waals surface area contributed by atoms with Crippen molar-refractivity contribution in [3.8, 4) is 0 Å². The summed E-state index contributed by atoms with van der Waals surface area (Å²) < 4.78 is 0. The summed E-state index contributed by atoms with van der Waals surface area (Å²) in [5.74, 6) is -1.84. The molecule has 0 aliphatic rings. The minimum absolute atomic E-state index is 0.173. The number of hydrogen-bond acceptors (Lipinski definition) is 3. The summed E-state index contributed by atoms with van der Waals surface area (Å²) in [6, 6.07) is 17.4. The predicted octanol–water partition coefficient (Wildman–Crippen LogP) is 2.75. The summed E-state index contributed by atoms with van der Waals surface area (Å²) in [5, 5.41) is 12.4. The van der Waals surface area contributed by atoms with E-state index in [9.17, 15) is 14.7 Å². The maximum Gasteiger partial charge on any atom is 0.321 e. The van der Waals surface area contributed by atoms with E-state index < -0.39 is 17.9 Å². The Kier molecular flexibility index (Phi) is 5.44. The van der Waals surface area contributed by atoms with Crippen LogP contribution in [0.25, 0.3) is 0 Å². The van der Waals surface area contributed by atoms with Crippen LogP contribution in [0.15, 0.2) is 60.7 Å². The normalized spacial score (nSPS) is 13.3. The molecule has 2 rings (SSSR count). The molecule has 0 aliphatic carbocycles. The van der Waals surface area contributed by atoms with Crippen molar-refractivity contribution in [3.63, 3.8) is 0 Å². The number of carboxylic acids is 1. The molecule has 0 radical (unpaired) electrons. The molecule has 4 nitrogen and oxygen atoms in total. The molecule has 0 saturated heterocycles. The van der Waals surface area contributed by atoms with E-state index in [4.69, 9.17) is 0 Å². The molecular weight excluding hydrogens is 278 g/mol. The second-order valence-electron chi connectivity index (χ2n) is 5.20. The lowest BCUT2D eigenvalue weighted by molar-refractivity contribution is -0.140. The molecule has 2 aromatic rings. The first kappa shape index (κ1) is 15.9. The smallest absolute Gasteiger partial charge is 0.321 e. The molecule has 0 unspecified atom stereocenters. The van der Waals surface area contributed by atoms with Crippen molar-refractivity contribution in [2.45, 2.75) is 19.5 Å². The van der Waals surface area contributed by atoms with Crippen LogP contribution in [0.3, 0.4) is 0 Å². The molecule has 2 N–H and O–H groups in total. The van der Waals surface area contributed by atoms with Gasteiger partial charge in [-0.25, -0.2) is 0 Å². The summed E-state index contributed by atoms with van der Waals surface area (Å²) in [7, 11) is 0. The fourth-order valence-electron chi connectivity index (χ4n) is 2.32. The first-order valence-electron chi connectivity index (χ1n) is 7.19. The van der Waals surface area contributed by atoms with Gasteiger partial charge in [-0.15, -0.1) is 0 Å². The maximum absolute atomic E-state index is 12.4. The SMILES string of the molecule is C[C@@H](C(=O)c1ccccc1)[C@H](NCc1ccccc1)C(=O)O. The molecule has 0 amide bonds. The first-order valence-corrected chi connectivity index (χ1v) is 7.19. The van der Waals surface area contributed by atoms with Crippen LogP contribution in [-0.2, 0) is 11.3 Å². The Bertz CT molecular complexity index is 625. The third-order valence-corrected chi connectivity index (χ3v) is 3.61. The number of Topliss-reactive ketones (excluding diaryl/α,β-unsaturated/α-hetero) is 1. The average molecular weight is 297 g/mol. The third-order valence-electron chi connectivity index (χ3n) is 3.61. The highest BCUT2D eigenvalue weighted by Crippen LogP contribution is 2.13. The van der Waals surface area contributed by atoms with Crippen LogP contribution in [0, 0.1) is 5.92 Å². The molecule has 0 fully saturated rings. The third kappa shape index (κ3) is 4.02. The van der Waals surface area contributed by atoms with Crippen LogP contribution in [0.2, 0.25) is 0 Å². The summed E-state index contributed by atoms with van der Waals surface area (Å²) in [4.78, 5) is 23.9. The molecule has 0 saturated carbocycles. The number of nitrogens with one attached hydrogen (secondary N) is 1. The Labute approximate surface area is 129 Å². The van der Waals surface area contributed by atoms with Gasteiger partial charge in [-0.05, 0) is 5.56 Å². The highest BCUT2D eigenvalue weighted by molar-refractivity contribution is 6.00. The van der Waals surface area contributed by atoms with Gasteiger partial charge in [0, 0.05) is 18.0 Å². The molecule has 2 atom stereocenters. The van der Waals surface area contributed by atoms with E-state index >= 15 is 0 Å². The Balaban J connectivity index is 2.07. The van der Waals surface area contributed by atoms with Crippen molar-refractivity contribution in [3.05, 3.63) is 71.8 Å². The molecule has 4 heteroatoms. The quantitative estimate of drug-likeness (QED) is 0.771. The maximum atomic E-state index is 12.4. The fraction of sp³-hybridized carbons (Fsp3) is 0.222. The number of rotatable bonds is 7. The van der Waals surface area contributed by atoms with Crippen LogP contribution in [0.5, 0.6) is 0 Å². The van der Waals surface area contributed by atoms with Gasteiger partial charge in [0.1, 0.15) is 6.04 Å². The van der Waals surface area contributed by atoms with Crippen LogP contribution in [0.4, 0.5) is 0 Å². The van der Waals surface area contributed by atoms with Gasteiger partial charge in [0.05, 0.1) is 0 Å². The Morgan fingerprint density at radius 3 is 2.09 bits per heavy atom. The van der Waals surface area contributed by atoms with E-state index in [-0.39, 0.29) is 5.78 Å². The number of carbonyl (C=O) groups is 2. The number of aliphatic carboxylic acids is 1. The molecule has 2 aromatic carbocycles. The van der Waals surface area contributed by atoms with Crippen LogP contribution >= 0.6 is 0 Å². The van der Waals surface area contributed by atoms with Crippen molar-refractivity contribution in [2.75, 3.05) is 0 Å². The molecular formula is C18H19NO3. The number of carboxylic acid groups (broad SMARTS) is 1. The molecule has 0 heterocycles. The summed E-state index contributed by atoms with van der Waals surface area (Å²) in [6.07, 6.45) is 0. The van der Waals surface area contributed by atoms with E-state index in [1.54, 1.807) is 31.2 Å². The van der Waals surface area contributed by atoms with Crippen molar-refractivity contribution in [2.24, 2.45) is 5.92 Å². The minimum atomic E-state index is -1.02. The van der Waals surface area contributed by atoms with Gasteiger partial charge < -0.3 is 5.11 Å². The molecule has 114 valence electrons. The Hall–Kier alpha value is -2.46. The summed E-state index contributed by atoms with van der Waals surface area (Å²) in [6.45, 7) is 2.05. The van der Waals surface area contributed by atoms with Gasteiger partial charge in [0.15, 0.2) is 5.78 Å². The van der Waals surface area contributed by atoms with Crippen molar-refractivity contribution in [1.82, 2.24) is 5.32 Å². The van der Waals surface area contributed by atoms with E-state index in [1.807, 2.05) is 36.4 Å². The number of ketones is 1. The van der Waals surface area contributed by atoms with E-state index in [0.717, 1.165) is 5.56 Å². The van der Waals surface area contributed by atoms with Crippen molar-refractivity contribution in [1.29, 1.82) is 0 Å². The predicted molar refractivity (Wildman–Crippen MR) is 84.6 cm³/mol. The van der Waals surface area contributed by atoms with Crippen molar-refractivity contribution >= 4 is 11.8 Å². The zero-order valence-electron chi connectivity index (χ0n) is 12.4. The topological polar surface area (TPSA) is 66.4 Å². The van der Waals surface area contributed by atoms with Crippen LogP contribution < -0.4 is 5.32 Å². The van der Waals surface area contributed by atoms with E-state index in [1.165, 1.54) is 0 Å². The monoisotopic (exact) mass is 297 g/mol. The molecule has 0 aromatic heterocycles. The second kappa shape index (κ2) is 7.52. The average Bonchev–Trinajstić information content (AvgIpc) is 2.55. The van der Waals surface area contributed by atoms with Gasteiger partial charge in [-0.3, -0.25) is 14.9 Å². The van der Waals surface area contributed by atoms with Gasteiger partial charge >= 0.3 is 5.97 Å². The van der Waals surface area contributed by atoms with E-state index in [0.29, 0.717) is 12.1 Å². The highest BCUT2D eigenvalue weighted by atomic mass is 16.4. The number of carbonyl (C=O) groups excluding carboxylic acids is 1. The number of benzene rings is 2. The lowest BCUT2D eigenvalue weighted by atomic mass is 9.92. The summed E-state index contributed by atoms with van der Waals surface area (Å²) in [5.41, 5.74) is 1.51. The second-order valence-corrected chi connectivity index (χ2v) is 5.20. The highest BCUT2D eigenvalue weighted by Gasteiger charge is 2.30. The van der Waals surface area contributed by atoms with Crippen LogP contribution in [-0.4, -0.2) is 22.9 Å². The zero-order valence-corrected chi connectivity index (χ0v) is 12.4. The van der Waals surface area contributed by atoms with Gasteiger partial charge in [-0.2, -0.15) is 0 Å². The molecule has 22 heavy (non-hydrogen) atoms. The Morgan fingerprint density at radius 1 is 1.00 bits per heavy atom. The van der Waals surface area contributed by atoms with Crippen LogP contribution in [0.1, 0.15) is 22.8 Å². The zero-order chi connectivity index (χ0) is 15.9.